The van der Waals surface area contributed by atoms with Crippen LogP contribution in [0.3, 0.4) is 0 Å². The highest BCUT2D eigenvalue weighted by Gasteiger charge is 2.35. The zero-order valence-electron chi connectivity index (χ0n) is 39.6. The fraction of sp³-hybridized carbons (Fsp3) is 0.150. The van der Waals surface area contributed by atoms with E-state index < -0.39 is 30.3 Å². The van der Waals surface area contributed by atoms with Crippen molar-refractivity contribution in [2.24, 2.45) is 4.99 Å². The van der Waals surface area contributed by atoms with Crippen LogP contribution in [-0.2, 0) is 32.0 Å². The first-order chi connectivity index (χ1) is 36.3. The van der Waals surface area contributed by atoms with E-state index in [1.165, 1.54) is 12.1 Å². The van der Waals surface area contributed by atoms with Gasteiger partial charge in [0.05, 0.1) is 33.6 Å². The molecule has 0 N–H and O–H groups in total. The zero-order valence-corrected chi connectivity index (χ0v) is 41.1. The third-order valence-electron chi connectivity index (χ3n) is 15.0. The average molecular weight is 1040 g/mol. The molecule has 0 fully saturated rings. The van der Waals surface area contributed by atoms with Crippen molar-refractivity contribution in [2.75, 3.05) is 6.61 Å². The maximum atomic E-state index is 15.9. The normalized spacial score (nSPS) is 15.1. The first-order valence-corrected chi connectivity index (χ1v) is 25.4. The number of aromatic nitrogens is 2. The number of benzene rings is 7. The van der Waals surface area contributed by atoms with Crippen molar-refractivity contribution >= 4 is 85.4 Å². The highest BCUT2D eigenvalue weighted by Crippen LogP contribution is 2.47. The Morgan fingerprint density at radius 2 is 1.29 bits per heavy atom. The minimum Gasteiger partial charge on any atom is -0.492 e. The second-order valence-electron chi connectivity index (χ2n) is 19.2. The molecule has 2 aliphatic carbocycles. The van der Waals surface area contributed by atoms with E-state index in [0.717, 1.165) is 92.4 Å². The third-order valence-corrected chi connectivity index (χ3v) is 15.6. The summed E-state index contributed by atoms with van der Waals surface area (Å²) in [7, 11) is -2.93. The van der Waals surface area contributed by atoms with E-state index in [-0.39, 0.29) is 45.4 Å². The summed E-state index contributed by atoms with van der Waals surface area (Å²) in [5.41, 5.74) is 8.63. The number of halogens is 7. The van der Waals surface area contributed by atoms with Gasteiger partial charge in [-0.15, -0.1) is 0 Å². The van der Waals surface area contributed by atoms with Crippen LogP contribution in [0, 0.1) is 0 Å². The van der Waals surface area contributed by atoms with Gasteiger partial charge in [0.25, 0.3) is 11.1 Å². The van der Waals surface area contributed by atoms with E-state index in [2.05, 4.69) is 6.07 Å². The number of nitrogens with zero attached hydrogens (tertiary/aromatic N) is 3. The number of allylic oxidation sites excluding steroid dienone is 2. The lowest BCUT2D eigenvalue weighted by atomic mass is 9.95. The van der Waals surface area contributed by atoms with E-state index in [1.807, 2.05) is 60.7 Å². The number of pyridine rings is 1. The van der Waals surface area contributed by atoms with Crippen LogP contribution in [-0.4, -0.2) is 28.8 Å². The maximum absolute atomic E-state index is 15.9. The first kappa shape index (κ1) is 47.0. The van der Waals surface area contributed by atoms with Gasteiger partial charge in [0.1, 0.15) is 23.5 Å². The largest absolute Gasteiger partial charge is 0.678 e. The summed E-state index contributed by atoms with van der Waals surface area (Å²) in [5, 5.41) is 3.17. The number of ether oxygens (including phenoxy) is 1. The van der Waals surface area contributed by atoms with Gasteiger partial charge in [-0.1, -0.05) is 96.0 Å². The Morgan fingerprint density at radius 1 is 0.667 bits per heavy atom. The molecule has 7 nitrogen and oxygen atoms in total. The van der Waals surface area contributed by atoms with Crippen molar-refractivity contribution in [3.05, 3.63) is 221 Å². The average Bonchev–Trinajstić information content (AvgIpc) is 3.90. The first-order valence-electron chi connectivity index (χ1n) is 24.6. The van der Waals surface area contributed by atoms with Crippen LogP contribution in [0.5, 0.6) is 5.75 Å². The van der Waals surface area contributed by atoms with Gasteiger partial charge in [-0.2, -0.15) is 13.2 Å². The van der Waals surface area contributed by atoms with Crippen LogP contribution < -0.4 is 15.9 Å². The molecular weight excluding hydrogens is 1000 g/mol. The molecule has 0 spiro atoms. The summed E-state index contributed by atoms with van der Waals surface area (Å²) in [5.74, 6) is 0.226. The van der Waals surface area contributed by atoms with Gasteiger partial charge < -0.3 is 13.6 Å². The molecule has 15 heteroatoms. The fourth-order valence-electron chi connectivity index (χ4n) is 11.6. The van der Waals surface area contributed by atoms with E-state index in [9.17, 15) is 22.8 Å². The van der Waals surface area contributed by atoms with Crippen molar-refractivity contribution < 1.29 is 31.0 Å². The number of aliphatic imine (C=N–C) groups is 1. The Bertz CT molecular complexity index is 4210. The molecule has 13 rings (SSSR count). The standard InChI is InChI=1S/C60H39BCl2F5N3O4/c62-46-30-39(74-26-25-70-58(72)43-21-20-42-45-27-35(32-15-18-38(19-16-32)60(64,65)66)17-23-50(45)75-51-24-22-44(59(70)73)52(43)53(42)51)31-47(63)54(46)55(48-28-36-11-5-9-33-7-1-3-13-40(33)56(36)69-48)49-29-37-12-6-10-34-8-2-4-14-41(34)57(37)71(49)61(67)68/h1-4,7-8,13-24,27-31H,5-6,9-12,25-26H2/b55-48+. The van der Waals surface area contributed by atoms with Crippen LogP contribution in [0.4, 0.5) is 21.8 Å². The topological polar surface area (TPSA) is 78.7 Å². The highest BCUT2D eigenvalue weighted by atomic mass is 35.5. The lowest BCUT2D eigenvalue weighted by molar-refractivity contribution is -0.137. The molecule has 75 heavy (non-hydrogen) atoms. The van der Waals surface area contributed by atoms with E-state index in [0.29, 0.717) is 72.8 Å². The van der Waals surface area contributed by atoms with Crippen LogP contribution in [0.2, 0.25) is 10.0 Å². The number of fused-ring (bicyclic) bond motifs is 8. The molecule has 370 valence electrons. The van der Waals surface area contributed by atoms with Gasteiger partial charge in [0, 0.05) is 60.6 Å². The van der Waals surface area contributed by atoms with Crippen molar-refractivity contribution in [1.29, 1.82) is 0 Å². The van der Waals surface area contributed by atoms with Gasteiger partial charge in [0.2, 0.25) is 0 Å². The Labute approximate surface area is 434 Å². The van der Waals surface area contributed by atoms with E-state index >= 15 is 8.63 Å². The number of aryl methyl sites for hydroxylation is 3. The number of alkyl halides is 3. The Kier molecular flexibility index (Phi) is 11.3. The van der Waals surface area contributed by atoms with Gasteiger partial charge in [-0.05, 0) is 144 Å². The summed E-state index contributed by atoms with van der Waals surface area (Å²) >= 11 is 14.5. The fourth-order valence-corrected chi connectivity index (χ4v) is 12.2. The summed E-state index contributed by atoms with van der Waals surface area (Å²) in [6.45, 7) is -0.291. The predicted molar refractivity (Wildman–Crippen MR) is 288 cm³/mol. The molecule has 4 heterocycles. The number of rotatable bonds is 8. The summed E-state index contributed by atoms with van der Waals surface area (Å²) in [4.78, 5) is 33.8. The van der Waals surface area contributed by atoms with E-state index in [4.69, 9.17) is 37.3 Å². The third kappa shape index (κ3) is 7.80. The maximum Gasteiger partial charge on any atom is 0.678 e. The molecule has 1 aliphatic heterocycles. The van der Waals surface area contributed by atoms with Crippen molar-refractivity contribution in [1.82, 2.24) is 9.05 Å². The second kappa shape index (κ2) is 18.0. The molecule has 0 unspecified atom stereocenters. The molecular formula is C60H39BCl2F5N3O4. The molecule has 3 aromatic heterocycles. The van der Waals surface area contributed by atoms with Crippen LogP contribution >= 0.6 is 23.2 Å². The Morgan fingerprint density at radius 3 is 2.01 bits per heavy atom. The minimum absolute atomic E-state index is 0.123. The van der Waals surface area contributed by atoms with Crippen LogP contribution in [0.15, 0.2) is 170 Å². The lowest BCUT2D eigenvalue weighted by Gasteiger charge is -2.19. The smallest absolute Gasteiger partial charge is 0.492 e. The number of hydrogen-bond donors (Lipinski definition) is 0. The minimum atomic E-state index is -4.47. The zero-order chi connectivity index (χ0) is 51.4. The highest BCUT2D eigenvalue weighted by molar-refractivity contribution is 6.43. The summed E-state index contributed by atoms with van der Waals surface area (Å²) in [6.07, 6.45) is 2.14. The molecule has 7 aromatic carbocycles. The van der Waals surface area contributed by atoms with Gasteiger partial charge in [-0.3, -0.25) is 22.8 Å². The number of hydrogen-bond acceptors (Lipinski definition) is 5. The van der Waals surface area contributed by atoms with Crippen molar-refractivity contribution in [3.63, 3.8) is 0 Å². The molecule has 10 aromatic rings. The predicted octanol–water partition coefficient (Wildman–Crippen LogP) is 15.2. The molecule has 0 saturated heterocycles. The summed E-state index contributed by atoms with van der Waals surface area (Å²) < 4.78 is 86.5. The Balaban J connectivity index is 0.862. The quantitative estimate of drug-likeness (QED) is 0.0657. The SMILES string of the molecule is O=c1c2ccc3oc4ccc(-c5ccc(C(F)(F)F)cc5)cc4c4ccc(c(=O)n1CCOc1cc(Cl)c(/C(=C5\C=C6CCCc7ccccc7C6=N5)c5cc6c(n5B(F)F)-c5ccccc5CCC6)c(Cl)c1)c2c34. The molecule has 0 atom stereocenters. The lowest BCUT2D eigenvalue weighted by Crippen LogP contribution is -2.35. The van der Waals surface area contributed by atoms with Crippen LogP contribution in [0.25, 0.3) is 71.4 Å². The molecule has 0 radical (unpaired) electrons. The molecule has 0 saturated carbocycles. The van der Waals surface area contributed by atoms with E-state index in [1.54, 1.807) is 48.5 Å². The molecule has 3 aliphatic rings. The summed E-state index contributed by atoms with van der Waals surface area (Å²) in [6, 6.07) is 37.7. The molecule has 0 amide bonds. The Hall–Kier alpha value is -7.74. The van der Waals surface area contributed by atoms with Crippen molar-refractivity contribution in [2.45, 2.75) is 51.2 Å². The van der Waals surface area contributed by atoms with Gasteiger partial charge in [0.15, 0.2) is 0 Å². The van der Waals surface area contributed by atoms with Crippen LogP contribution in [0.1, 0.15) is 58.3 Å². The molecule has 0 bridgehead atoms. The van der Waals surface area contributed by atoms with Gasteiger partial charge >= 0.3 is 13.6 Å². The van der Waals surface area contributed by atoms with Crippen molar-refractivity contribution in [3.8, 4) is 28.1 Å². The monoisotopic (exact) mass is 1040 g/mol. The van der Waals surface area contributed by atoms with Gasteiger partial charge in [-0.25, -0.2) is 4.99 Å². The second-order valence-corrected chi connectivity index (χ2v) is 20.1.